The quantitative estimate of drug-likeness (QED) is 0.860. The van der Waals surface area contributed by atoms with E-state index in [4.69, 9.17) is 9.47 Å². The molecule has 4 rings (SSSR count). The minimum atomic E-state index is -0.804. The van der Waals surface area contributed by atoms with Crippen molar-refractivity contribution in [1.82, 2.24) is 15.5 Å². The number of benzene rings is 1. The van der Waals surface area contributed by atoms with Crippen LogP contribution in [-0.4, -0.2) is 48.5 Å². The third-order valence-electron chi connectivity index (χ3n) is 4.24. The average Bonchev–Trinajstić information content (AvgIpc) is 3.17. The van der Waals surface area contributed by atoms with E-state index < -0.39 is 12.2 Å². The van der Waals surface area contributed by atoms with Gasteiger partial charge >= 0.3 is 6.09 Å². The Balaban J connectivity index is 1.66. The predicted octanol–water partition coefficient (Wildman–Crippen LogP) is 1.08. The van der Waals surface area contributed by atoms with Crippen molar-refractivity contribution >= 4 is 17.7 Å². The van der Waals surface area contributed by atoms with E-state index in [9.17, 15) is 9.59 Å². The van der Waals surface area contributed by atoms with Gasteiger partial charge in [0.15, 0.2) is 6.10 Å². The van der Waals surface area contributed by atoms with Gasteiger partial charge in [-0.1, -0.05) is 0 Å². The number of H-pyrrole nitrogens is 1. The third-order valence-corrected chi connectivity index (χ3v) is 4.24. The molecule has 1 fully saturated rings. The van der Waals surface area contributed by atoms with Crippen LogP contribution in [0.15, 0.2) is 24.4 Å². The zero-order chi connectivity index (χ0) is 16.7. The van der Waals surface area contributed by atoms with Gasteiger partial charge in [0.25, 0.3) is 5.91 Å². The Morgan fingerprint density at radius 3 is 3.17 bits per heavy atom. The summed E-state index contributed by atoms with van der Waals surface area (Å²) < 4.78 is 10.9. The van der Waals surface area contributed by atoms with Crippen molar-refractivity contribution in [2.45, 2.75) is 12.5 Å². The first-order valence-electron chi connectivity index (χ1n) is 7.66. The number of likely N-dealkylation sites (N-methyl/N-ethyl adjacent to an activating group) is 1. The van der Waals surface area contributed by atoms with Crippen molar-refractivity contribution in [2.75, 3.05) is 25.1 Å². The van der Waals surface area contributed by atoms with Crippen LogP contribution >= 0.6 is 0 Å². The van der Waals surface area contributed by atoms with E-state index in [0.717, 1.165) is 23.2 Å². The van der Waals surface area contributed by atoms with Crippen LogP contribution in [0.25, 0.3) is 11.3 Å². The van der Waals surface area contributed by atoms with E-state index in [1.165, 1.54) is 11.9 Å². The summed E-state index contributed by atoms with van der Waals surface area (Å²) >= 11 is 0. The summed E-state index contributed by atoms with van der Waals surface area (Å²) in [4.78, 5) is 25.2. The van der Waals surface area contributed by atoms with Gasteiger partial charge in [-0.15, -0.1) is 0 Å². The number of nitrogens with zero attached hydrogens (tertiary/aromatic N) is 2. The topological polar surface area (TPSA) is 96.5 Å². The summed E-state index contributed by atoms with van der Waals surface area (Å²) in [5, 5.41) is 9.57. The molecule has 2 aromatic rings. The van der Waals surface area contributed by atoms with Crippen LogP contribution in [0.5, 0.6) is 5.75 Å². The van der Waals surface area contributed by atoms with Crippen LogP contribution in [0.2, 0.25) is 0 Å². The van der Waals surface area contributed by atoms with Crippen LogP contribution in [0.1, 0.15) is 5.56 Å². The van der Waals surface area contributed by atoms with E-state index in [0.29, 0.717) is 18.0 Å². The summed E-state index contributed by atoms with van der Waals surface area (Å²) in [6.07, 6.45) is 1.22. The number of hydrogen-bond acceptors (Lipinski definition) is 5. The summed E-state index contributed by atoms with van der Waals surface area (Å²) in [5.74, 6) is 0.352. The molecule has 0 bridgehead atoms. The molecule has 2 aliphatic rings. The number of cyclic esters (lactones) is 1. The van der Waals surface area contributed by atoms with Gasteiger partial charge in [-0.3, -0.25) is 14.8 Å². The lowest BCUT2D eigenvalue weighted by Gasteiger charge is -2.15. The van der Waals surface area contributed by atoms with E-state index >= 15 is 0 Å². The molecule has 3 heterocycles. The molecule has 0 saturated carbocycles. The molecule has 2 amide bonds. The lowest BCUT2D eigenvalue weighted by Crippen LogP contribution is -2.35. The van der Waals surface area contributed by atoms with Crippen LogP contribution in [0.4, 0.5) is 10.5 Å². The summed E-state index contributed by atoms with van der Waals surface area (Å²) in [7, 11) is 1.51. The van der Waals surface area contributed by atoms with Crippen molar-refractivity contribution in [3.63, 3.8) is 0 Å². The van der Waals surface area contributed by atoms with Crippen molar-refractivity contribution in [3.8, 4) is 17.0 Å². The van der Waals surface area contributed by atoms with Gasteiger partial charge in [-0.2, -0.15) is 5.10 Å². The van der Waals surface area contributed by atoms with Crippen molar-refractivity contribution in [2.24, 2.45) is 0 Å². The smallest absolute Gasteiger partial charge is 0.415 e. The molecule has 0 spiro atoms. The SMILES string of the molecule is CNC(=O)[C@H]1CN(c2ccc3c(c2)OCCc2cn[nH]c2-3)C(=O)O1. The molecule has 0 aliphatic carbocycles. The molecule has 124 valence electrons. The van der Waals surface area contributed by atoms with E-state index in [2.05, 4.69) is 15.5 Å². The number of carbonyl (C=O) groups is 2. The second-order valence-corrected chi connectivity index (χ2v) is 5.65. The number of amides is 2. The van der Waals surface area contributed by atoms with Crippen LogP contribution in [0.3, 0.4) is 0 Å². The lowest BCUT2D eigenvalue weighted by molar-refractivity contribution is -0.127. The molecule has 8 heteroatoms. The maximum atomic E-state index is 12.1. The molecule has 1 aromatic heterocycles. The van der Waals surface area contributed by atoms with Gasteiger partial charge in [0, 0.05) is 30.7 Å². The molecule has 24 heavy (non-hydrogen) atoms. The average molecular weight is 328 g/mol. The number of carbonyl (C=O) groups excluding carboxylic acids is 2. The first kappa shape index (κ1) is 14.6. The highest BCUT2D eigenvalue weighted by Gasteiger charge is 2.37. The number of rotatable bonds is 2. The van der Waals surface area contributed by atoms with Crippen molar-refractivity contribution < 1.29 is 19.1 Å². The molecule has 0 radical (unpaired) electrons. The Morgan fingerprint density at radius 2 is 2.33 bits per heavy atom. The number of hydrogen-bond donors (Lipinski definition) is 2. The van der Waals surface area contributed by atoms with Gasteiger partial charge in [0.2, 0.25) is 0 Å². The highest BCUT2D eigenvalue weighted by molar-refractivity contribution is 5.96. The molecule has 1 atom stereocenters. The van der Waals surface area contributed by atoms with Crippen LogP contribution < -0.4 is 15.0 Å². The minimum Gasteiger partial charge on any atom is -0.492 e. The fourth-order valence-electron chi connectivity index (χ4n) is 2.98. The Bertz CT molecular complexity index is 816. The van der Waals surface area contributed by atoms with Gasteiger partial charge in [-0.05, 0) is 12.1 Å². The molecule has 2 aliphatic heterocycles. The zero-order valence-electron chi connectivity index (χ0n) is 13.0. The maximum absolute atomic E-state index is 12.1. The van der Waals surface area contributed by atoms with Gasteiger partial charge in [0.1, 0.15) is 5.75 Å². The van der Waals surface area contributed by atoms with E-state index in [-0.39, 0.29) is 12.5 Å². The molecule has 8 nitrogen and oxygen atoms in total. The number of nitrogens with one attached hydrogen (secondary N) is 2. The first-order valence-corrected chi connectivity index (χ1v) is 7.66. The fourth-order valence-corrected chi connectivity index (χ4v) is 2.98. The molecule has 0 unspecified atom stereocenters. The highest BCUT2D eigenvalue weighted by atomic mass is 16.6. The van der Waals surface area contributed by atoms with Gasteiger partial charge in [0.05, 0.1) is 30.7 Å². The molecule has 1 aromatic carbocycles. The number of aromatic amines is 1. The largest absolute Gasteiger partial charge is 0.492 e. The number of aromatic nitrogens is 2. The number of ether oxygens (including phenoxy) is 2. The van der Waals surface area contributed by atoms with Gasteiger partial charge < -0.3 is 14.8 Å². The normalized spacial score (nSPS) is 19.0. The Hall–Kier alpha value is -3.03. The number of anilines is 1. The molecular formula is C16H16N4O4. The van der Waals surface area contributed by atoms with Crippen LogP contribution in [-0.2, 0) is 16.0 Å². The van der Waals surface area contributed by atoms with Gasteiger partial charge in [-0.25, -0.2) is 4.79 Å². The second-order valence-electron chi connectivity index (χ2n) is 5.65. The van der Waals surface area contributed by atoms with Crippen LogP contribution in [0, 0.1) is 0 Å². The zero-order valence-corrected chi connectivity index (χ0v) is 13.0. The maximum Gasteiger partial charge on any atom is 0.415 e. The lowest BCUT2D eigenvalue weighted by atomic mass is 10.1. The molecular weight excluding hydrogens is 312 g/mol. The van der Waals surface area contributed by atoms with Crippen molar-refractivity contribution in [1.29, 1.82) is 0 Å². The standard InChI is InChI=1S/C16H16N4O4/c1-17-15(21)13-8-20(16(22)24-13)10-2-3-11-12(6-10)23-5-4-9-7-18-19-14(9)11/h2-3,6-7,13H,4-5,8H2,1H3,(H,17,21)(H,18,19)/t13-/m1/s1. The van der Waals surface area contributed by atoms with Crippen molar-refractivity contribution in [3.05, 3.63) is 30.0 Å². The fraction of sp³-hybridized carbons (Fsp3) is 0.312. The third kappa shape index (κ3) is 2.27. The molecule has 2 N–H and O–H groups in total. The van der Waals surface area contributed by atoms with E-state index in [1.54, 1.807) is 12.3 Å². The molecule has 1 saturated heterocycles. The second kappa shape index (κ2) is 5.55. The summed E-state index contributed by atoms with van der Waals surface area (Å²) in [6, 6.07) is 5.48. The monoisotopic (exact) mass is 328 g/mol. The Labute approximate surface area is 137 Å². The Kier molecular flexibility index (Phi) is 3.37. The predicted molar refractivity (Wildman–Crippen MR) is 84.9 cm³/mol. The number of fused-ring (bicyclic) bond motifs is 3. The first-order chi connectivity index (χ1) is 11.7. The summed E-state index contributed by atoms with van der Waals surface area (Å²) in [5.41, 5.74) is 3.57. The Morgan fingerprint density at radius 1 is 1.46 bits per heavy atom. The van der Waals surface area contributed by atoms with E-state index in [1.807, 2.05) is 12.1 Å². The summed E-state index contributed by atoms with van der Waals surface area (Å²) in [6.45, 7) is 0.709. The highest BCUT2D eigenvalue weighted by Crippen LogP contribution is 2.37. The minimum absolute atomic E-state index is 0.173.